The Kier molecular flexibility index (Phi) is 7.65. The summed E-state index contributed by atoms with van der Waals surface area (Å²) in [6.07, 6.45) is 4.42. The first-order valence-electron chi connectivity index (χ1n) is 6.19. The fraction of sp³-hybridized carbons (Fsp3) is 0.643. The highest BCUT2D eigenvalue weighted by atomic mass is 28.3. The number of allylic oxidation sites excluding steroid dienone is 1. The van der Waals surface area contributed by atoms with Crippen molar-refractivity contribution in [1.82, 2.24) is 0 Å². The summed E-state index contributed by atoms with van der Waals surface area (Å²) in [5.41, 5.74) is 4.40. The predicted molar refractivity (Wildman–Crippen MR) is 75.4 cm³/mol. The molecule has 0 fully saturated rings. The van der Waals surface area contributed by atoms with Gasteiger partial charge in [-0.05, 0) is 26.7 Å². The van der Waals surface area contributed by atoms with Gasteiger partial charge in [0.1, 0.15) is 8.07 Å². The van der Waals surface area contributed by atoms with Gasteiger partial charge in [0.05, 0.1) is 6.61 Å². The fourth-order valence-electron chi connectivity index (χ4n) is 1.24. The fourth-order valence-corrected chi connectivity index (χ4v) is 1.90. The second-order valence-corrected chi connectivity index (χ2v) is 9.90. The molecule has 0 N–H and O–H groups in total. The van der Waals surface area contributed by atoms with Crippen molar-refractivity contribution >= 4 is 14.0 Å². The molecule has 0 amide bonds. The Balaban J connectivity index is 3.89. The molecule has 3 heteroatoms. The number of carbonyl (C=O) groups excluding carboxylic acids is 1. The molecule has 0 rings (SSSR count). The first kappa shape index (κ1) is 16.0. The summed E-state index contributed by atoms with van der Waals surface area (Å²) in [5.74, 6) is 2.99. The van der Waals surface area contributed by atoms with E-state index < -0.39 is 8.07 Å². The third kappa shape index (κ3) is 11.3. The van der Waals surface area contributed by atoms with Gasteiger partial charge in [0.25, 0.3) is 0 Å². The van der Waals surface area contributed by atoms with Crippen LogP contribution in [0.5, 0.6) is 0 Å². The van der Waals surface area contributed by atoms with E-state index in [1.54, 1.807) is 6.08 Å². The van der Waals surface area contributed by atoms with Crippen molar-refractivity contribution in [3.05, 3.63) is 11.6 Å². The van der Waals surface area contributed by atoms with Crippen LogP contribution in [0.15, 0.2) is 11.6 Å². The Bertz CT molecular complexity index is 326. The van der Waals surface area contributed by atoms with Crippen LogP contribution in [0, 0.1) is 11.5 Å². The molecular weight excluding hydrogens is 228 g/mol. The lowest BCUT2D eigenvalue weighted by atomic mass is 10.1. The van der Waals surface area contributed by atoms with Gasteiger partial charge in [-0.25, -0.2) is 4.79 Å². The number of hydrogen-bond acceptors (Lipinski definition) is 2. The van der Waals surface area contributed by atoms with Crippen molar-refractivity contribution < 1.29 is 9.53 Å². The molecule has 17 heavy (non-hydrogen) atoms. The molecule has 0 bridgehead atoms. The number of carbonyl (C=O) groups is 1. The van der Waals surface area contributed by atoms with E-state index in [0.717, 1.165) is 24.8 Å². The Morgan fingerprint density at radius 3 is 2.53 bits per heavy atom. The van der Waals surface area contributed by atoms with E-state index in [2.05, 4.69) is 31.1 Å². The SMILES string of the molecule is CCOC(=O)/C=C(\C)CCCC#C[Si](C)(C)C. The average Bonchev–Trinajstić information content (AvgIpc) is 2.15. The Morgan fingerprint density at radius 1 is 1.35 bits per heavy atom. The van der Waals surface area contributed by atoms with Gasteiger partial charge >= 0.3 is 5.97 Å². The third-order valence-electron chi connectivity index (χ3n) is 1.99. The summed E-state index contributed by atoms with van der Waals surface area (Å²) >= 11 is 0. The van der Waals surface area contributed by atoms with E-state index in [9.17, 15) is 4.79 Å². The summed E-state index contributed by atoms with van der Waals surface area (Å²) in [6.45, 7) is 10.9. The molecule has 0 heterocycles. The van der Waals surface area contributed by atoms with Gasteiger partial charge in [0.15, 0.2) is 0 Å². The first-order valence-corrected chi connectivity index (χ1v) is 9.69. The lowest BCUT2D eigenvalue weighted by Crippen LogP contribution is -2.16. The van der Waals surface area contributed by atoms with E-state index in [0.29, 0.717) is 6.61 Å². The van der Waals surface area contributed by atoms with E-state index in [4.69, 9.17) is 4.74 Å². The molecule has 0 aromatic rings. The van der Waals surface area contributed by atoms with Crippen LogP contribution in [0.25, 0.3) is 0 Å². The molecule has 96 valence electrons. The zero-order chi connectivity index (χ0) is 13.3. The van der Waals surface area contributed by atoms with Gasteiger partial charge in [0, 0.05) is 12.5 Å². The van der Waals surface area contributed by atoms with Crippen molar-refractivity contribution in [2.45, 2.75) is 52.8 Å². The molecule has 0 aromatic heterocycles. The van der Waals surface area contributed by atoms with Gasteiger partial charge in [-0.1, -0.05) is 25.2 Å². The van der Waals surface area contributed by atoms with Crippen molar-refractivity contribution in [3.8, 4) is 11.5 Å². The largest absolute Gasteiger partial charge is 0.463 e. The van der Waals surface area contributed by atoms with Crippen molar-refractivity contribution in [2.24, 2.45) is 0 Å². The van der Waals surface area contributed by atoms with Gasteiger partial charge in [-0.15, -0.1) is 11.5 Å². The zero-order valence-corrected chi connectivity index (χ0v) is 12.7. The Labute approximate surface area is 106 Å². The van der Waals surface area contributed by atoms with E-state index in [1.807, 2.05) is 13.8 Å². The van der Waals surface area contributed by atoms with Crippen LogP contribution in [0.1, 0.15) is 33.1 Å². The van der Waals surface area contributed by atoms with E-state index in [1.165, 1.54) is 0 Å². The van der Waals surface area contributed by atoms with Crippen LogP contribution in [-0.4, -0.2) is 20.7 Å². The number of esters is 1. The van der Waals surface area contributed by atoms with E-state index in [-0.39, 0.29) is 5.97 Å². The van der Waals surface area contributed by atoms with Gasteiger partial charge < -0.3 is 4.74 Å². The minimum atomic E-state index is -1.22. The lowest BCUT2D eigenvalue weighted by Gasteiger charge is -2.03. The van der Waals surface area contributed by atoms with Gasteiger partial charge in [-0.3, -0.25) is 0 Å². The highest BCUT2D eigenvalue weighted by molar-refractivity contribution is 6.83. The molecule has 0 aliphatic heterocycles. The highest BCUT2D eigenvalue weighted by Crippen LogP contribution is 2.06. The second-order valence-electron chi connectivity index (χ2n) is 5.15. The maximum atomic E-state index is 11.2. The number of ether oxygens (including phenoxy) is 1. The zero-order valence-electron chi connectivity index (χ0n) is 11.7. The number of unbranched alkanes of at least 4 members (excludes halogenated alkanes) is 1. The quantitative estimate of drug-likeness (QED) is 0.246. The molecule has 0 saturated heterocycles. The maximum absolute atomic E-state index is 11.2. The maximum Gasteiger partial charge on any atom is 0.330 e. The average molecular weight is 252 g/mol. The summed E-state index contributed by atoms with van der Waals surface area (Å²) in [6, 6.07) is 0. The van der Waals surface area contributed by atoms with E-state index >= 15 is 0 Å². The smallest absolute Gasteiger partial charge is 0.330 e. The molecule has 0 radical (unpaired) electrons. The lowest BCUT2D eigenvalue weighted by molar-refractivity contribution is -0.137. The molecule has 0 aliphatic carbocycles. The molecule has 0 atom stereocenters. The van der Waals surface area contributed by atoms with Gasteiger partial charge in [-0.2, -0.15) is 0 Å². The molecule has 2 nitrogen and oxygen atoms in total. The molecule has 0 saturated carbocycles. The molecule has 0 spiro atoms. The number of rotatable bonds is 5. The van der Waals surface area contributed by atoms with Gasteiger partial charge in [0.2, 0.25) is 0 Å². The minimum Gasteiger partial charge on any atom is -0.463 e. The van der Waals surface area contributed by atoms with Crippen molar-refractivity contribution in [3.63, 3.8) is 0 Å². The van der Waals surface area contributed by atoms with Crippen LogP contribution < -0.4 is 0 Å². The third-order valence-corrected chi connectivity index (χ3v) is 2.91. The summed E-state index contributed by atoms with van der Waals surface area (Å²) < 4.78 is 4.85. The Morgan fingerprint density at radius 2 is 2.00 bits per heavy atom. The molecule has 0 aliphatic rings. The van der Waals surface area contributed by atoms with Crippen LogP contribution in [0.3, 0.4) is 0 Å². The summed E-state index contributed by atoms with van der Waals surface area (Å²) in [7, 11) is -1.22. The predicted octanol–water partition coefficient (Wildman–Crippen LogP) is 3.55. The monoisotopic (exact) mass is 252 g/mol. The highest BCUT2D eigenvalue weighted by Gasteiger charge is 2.06. The molecular formula is C14H24O2Si. The summed E-state index contributed by atoms with van der Waals surface area (Å²) in [4.78, 5) is 11.2. The van der Waals surface area contributed by atoms with Crippen LogP contribution in [0.4, 0.5) is 0 Å². The number of hydrogen-bond donors (Lipinski definition) is 0. The Hall–Kier alpha value is -1.01. The topological polar surface area (TPSA) is 26.3 Å². The van der Waals surface area contributed by atoms with Crippen LogP contribution in [-0.2, 0) is 9.53 Å². The molecule has 0 unspecified atom stereocenters. The summed E-state index contributed by atoms with van der Waals surface area (Å²) in [5, 5.41) is 0. The van der Waals surface area contributed by atoms with Crippen LogP contribution in [0.2, 0.25) is 19.6 Å². The van der Waals surface area contributed by atoms with Crippen LogP contribution >= 0.6 is 0 Å². The second kappa shape index (κ2) is 8.13. The standard InChI is InChI=1S/C14H24O2Si/c1-6-16-14(15)12-13(2)10-8-7-9-11-17(3,4)5/h12H,6-8,10H2,1-5H3/b13-12+. The minimum absolute atomic E-state index is 0.238. The molecule has 0 aromatic carbocycles. The first-order chi connectivity index (χ1) is 7.85. The van der Waals surface area contributed by atoms with Crippen molar-refractivity contribution in [1.29, 1.82) is 0 Å². The van der Waals surface area contributed by atoms with Crippen molar-refractivity contribution in [2.75, 3.05) is 6.61 Å². The normalized spacial score (nSPS) is 11.7.